The number of benzene rings is 1. The van der Waals surface area contributed by atoms with E-state index in [9.17, 15) is 0 Å². The molecule has 0 saturated carbocycles. The van der Waals surface area contributed by atoms with Gasteiger partial charge in [0.2, 0.25) is 0 Å². The summed E-state index contributed by atoms with van der Waals surface area (Å²) in [5.41, 5.74) is 8.51. The number of rotatable bonds is 9. The van der Waals surface area contributed by atoms with Gasteiger partial charge in [0.15, 0.2) is 0 Å². The van der Waals surface area contributed by atoms with Crippen LogP contribution >= 0.6 is 0 Å². The zero-order valence-corrected chi connectivity index (χ0v) is 11.9. The van der Waals surface area contributed by atoms with Gasteiger partial charge in [-0.1, -0.05) is 19.1 Å². The lowest BCUT2D eigenvalue weighted by Gasteiger charge is -2.11. The maximum absolute atomic E-state index is 5.84. The molecular weight excluding hydrogens is 240 g/mol. The molecule has 4 nitrogen and oxygen atoms in total. The summed E-state index contributed by atoms with van der Waals surface area (Å²) in [6.45, 7) is 10.5. The van der Waals surface area contributed by atoms with Gasteiger partial charge < -0.3 is 20.5 Å². The molecule has 0 aliphatic carbocycles. The van der Waals surface area contributed by atoms with Crippen molar-refractivity contribution in [3.05, 3.63) is 30.4 Å². The van der Waals surface area contributed by atoms with E-state index in [4.69, 9.17) is 15.2 Å². The molecule has 0 saturated heterocycles. The molecule has 1 aromatic carbocycles. The summed E-state index contributed by atoms with van der Waals surface area (Å²) in [4.78, 5) is 0. The summed E-state index contributed by atoms with van der Waals surface area (Å²) in [6.07, 6.45) is 0.978. The molecule has 0 heterocycles. The van der Waals surface area contributed by atoms with Crippen LogP contribution in [0.25, 0.3) is 0 Å². The number of nitrogens with one attached hydrogen (secondary N) is 1. The summed E-state index contributed by atoms with van der Waals surface area (Å²) in [5, 5.41) is 3.26. The zero-order chi connectivity index (χ0) is 14.1. The Balaban J connectivity index is 2.40. The van der Waals surface area contributed by atoms with Gasteiger partial charge in [0.25, 0.3) is 0 Å². The molecule has 0 radical (unpaired) electrons. The average molecular weight is 264 g/mol. The Kier molecular flexibility index (Phi) is 6.82. The molecule has 0 fully saturated rings. The molecule has 19 heavy (non-hydrogen) atoms. The van der Waals surface area contributed by atoms with Crippen LogP contribution < -0.4 is 15.8 Å². The zero-order valence-electron chi connectivity index (χ0n) is 11.9. The van der Waals surface area contributed by atoms with Gasteiger partial charge in [0, 0.05) is 30.1 Å². The van der Waals surface area contributed by atoms with Crippen molar-refractivity contribution in [1.82, 2.24) is 0 Å². The maximum Gasteiger partial charge on any atom is 0.123 e. The Hall–Kier alpha value is -1.68. The van der Waals surface area contributed by atoms with Gasteiger partial charge in [0.1, 0.15) is 5.75 Å². The van der Waals surface area contributed by atoms with Gasteiger partial charge in [-0.2, -0.15) is 0 Å². The highest BCUT2D eigenvalue weighted by Crippen LogP contribution is 2.22. The fourth-order valence-electron chi connectivity index (χ4n) is 1.54. The minimum Gasteiger partial charge on any atom is -0.493 e. The third-order valence-electron chi connectivity index (χ3n) is 2.33. The molecule has 0 unspecified atom stereocenters. The molecule has 0 bridgehead atoms. The Morgan fingerprint density at radius 3 is 2.79 bits per heavy atom. The van der Waals surface area contributed by atoms with E-state index in [-0.39, 0.29) is 0 Å². The Morgan fingerprint density at radius 1 is 1.32 bits per heavy atom. The van der Waals surface area contributed by atoms with Crippen molar-refractivity contribution in [3.8, 4) is 5.75 Å². The van der Waals surface area contributed by atoms with Crippen LogP contribution in [0.15, 0.2) is 30.4 Å². The fraction of sp³-hybridized carbons (Fsp3) is 0.467. The molecule has 0 spiro atoms. The first-order chi connectivity index (χ1) is 9.11. The van der Waals surface area contributed by atoms with Gasteiger partial charge >= 0.3 is 0 Å². The highest BCUT2D eigenvalue weighted by molar-refractivity contribution is 5.59. The molecule has 1 aromatic rings. The van der Waals surface area contributed by atoms with E-state index < -0.39 is 0 Å². The second-order valence-electron chi connectivity index (χ2n) is 4.58. The molecule has 4 heteroatoms. The Morgan fingerprint density at radius 2 is 2.11 bits per heavy atom. The topological polar surface area (TPSA) is 56.5 Å². The number of nitrogen functional groups attached to an aromatic ring is 1. The molecule has 0 aliphatic heterocycles. The minimum atomic E-state index is 0.601. The first-order valence-corrected chi connectivity index (χ1v) is 6.61. The van der Waals surface area contributed by atoms with Crippen molar-refractivity contribution >= 4 is 11.4 Å². The van der Waals surface area contributed by atoms with Crippen molar-refractivity contribution in [3.63, 3.8) is 0 Å². The molecule has 3 N–H and O–H groups in total. The van der Waals surface area contributed by atoms with Gasteiger partial charge in [-0.3, -0.25) is 0 Å². The lowest BCUT2D eigenvalue weighted by atomic mass is 10.2. The summed E-state index contributed by atoms with van der Waals surface area (Å²) < 4.78 is 11.0. The van der Waals surface area contributed by atoms with E-state index in [0.717, 1.165) is 30.0 Å². The van der Waals surface area contributed by atoms with Gasteiger partial charge in [-0.05, 0) is 19.4 Å². The summed E-state index contributed by atoms with van der Waals surface area (Å²) in [7, 11) is 0. The van der Waals surface area contributed by atoms with Gasteiger partial charge in [0.05, 0.1) is 19.8 Å². The third-order valence-corrected chi connectivity index (χ3v) is 2.33. The molecule has 0 amide bonds. The first-order valence-electron chi connectivity index (χ1n) is 6.61. The van der Waals surface area contributed by atoms with E-state index in [2.05, 4.69) is 18.8 Å². The summed E-state index contributed by atoms with van der Waals surface area (Å²) >= 11 is 0. The van der Waals surface area contributed by atoms with Crippen LogP contribution in [0.4, 0.5) is 11.4 Å². The standard InChI is InChI=1S/C15H24N2O2/c1-4-6-19-15-9-13(16)8-14(10-15)17-5-7-18-11-12(2)3/h8-10,17H,2,4-7,11,16H2,1,3H3. The number of hydrogen-bond donors (Lipinski definition) is 2. The normalized spacial score (nSPS) is 10.2. The molecule has 1 rings (SSSR count). The van der Waals surface area contributed by atoms with E-state index in [1.807, 2.05) is 25.1 Å². The van der Waals surface area contributed by atoms with Crippen molar-refractivity contribution in [2.75, 3.05) is 37.4 Å². The minimum absolute atomic E-state index is 0.601. The van der Waals surface area contributed by atoms with Gasteiger partial charge in [-0.15, -0.1) is 0 Å². The van der Waals surface area contributed by atoms with Crippen LogP contribution in [0.5, 0.6) is 5.75 Å². The third kappa shape index (κ3) is 6.72. The monoisotopic (exact) mass is 264 g/mol. The predicted molar refractivity (Wildman–Crippen MR) is 80.8 cm³/mol. The van der Waals surface area contributed by atoms with Crippen molar-refractivity contribution < 1.29 is 9.47 Å². The second kappa shape index (κ2) is 8.43. The van der Waals surface area contributed by atoms with E-state index in [1.165, 1.54) is 0 Å². The summed E-state index contributed by atoms with van der Waals surface area (Å²) in [5.74, 6) is 0.798. The van der Waals surface area contributed by atoms with Gasteiger partial charge in [-0.25, -0.2) is 0 Å². The molecule has 106 valence electrons. The smallest absolute Gasteiger partial charge is 0.123 e. The fourth-order valence-corrected chi connectivity index (χ4v) is 1.54. The largest absolute Gasteiger partial charge is 0.493 e. The van der Waals surface area contributed by atoms with Crippen molar-refractivity contribution in [1.29, 1.82) is 0 Å². The lowest BCUT2D eigenvalue weighted by molar-refractivity contribution is 0.167. The highest BCUT2D eigenvalue weighted by Gasteiger charge is 2.00. The Labute approximate surface area is 115 Å². The van der Waals surface area contributed by atoms with Crippen LogP contribution in [0.1, 0.15) is 20.3 Å². The average Bonchev–Trinajstić information content (AvgIpc) is 2.35. The number of anilines is 2. The quantitative estimate of drug-likeness (QED) is 0.409. The molecule has 0 aromatic heterocycles. The molecular formula is C15H24N2O2. The Bertz CT molecular complexity index is 405. The lowest BCUT2D eigenvalue weighted by Crippen LogP contribution is -2.10. The van der Waals surface area contributed by atoms with Crippen LogP contribution in [0.2, 0.25) is 0 Å². The molecule has 0 aliphatic rings. The molecule has 0 atom stereocenters. The maximum atomic E-state index is 5.84. The van der Waals surface area contributed by atoms with E-state index in [1.54, 1.807) is 0 Å². The van der Waals surface area contributed by atoms with E-state index in [0.29, 0.717) is 25.5 Å². The van der Waals surface area contributed by atoms with Crippen LogP contribution in [-0.4, -0.2) is 26.4 Å². The predicted octanol–water partition coefficient (Wildman–Crippen LogP) is 3.06. The van der Waals surface area contributed by atoms with Crippen LogP contribution in [-0.2, 0) is 4.74 Å². The van der Waals surface area contributed by atoms with Crippen molar-refractivity contribution in [2.45, 2.75) is 20.3 Å². The number of nitrogens with two attached hydrogens (primary N) is 1. The summed E-state index contributed by atoms with van der Waals surface area (Å²) in [6, 6.07) is 5.67. The first kappa shape index (κ1) is 15.4. The SMILES string of the molecule is C=C(C)COCCNc1cc(N)cc(OCCC)c1. The number of hydrogen-bond acceptors (Lipinski definition) is 4. The number of ether oxygens (including phenoxy) is 2. The van der Waals surface area contributed by atoms with E-state index >= 15 is 0 Å². The highest BCUT2D eigenvalue weighted by atomic mass is 16.5. The van der Waals surface area contributed by atoms with Crippen LogP contribution in [0.3, 0.4) is 0 Å². The van der Waals surface area contributed by atoms with Crippen molar-refractivity contribution in [2.24, 2.45) is 0 Å². The second-order valence-corrected chi connectivity index (χ2v) is 4.58. The van der Waals surface area contributed by atoms with Crippen LogP contribution in [0, 0.1) is 0 Å².